The zero-order valence-electron chi connectivity index (χ0n) is 12.3. The molecule has 0 bridgehead atoms. The maximum atomic E-state index is 12.2. The average molecular weight is 316 g/mol. The first kappa shape index (κ1) is 15.9. The topological polar surface area (TPSA) is 110 Å². The molecule has 0 spiro atoms. The summed E-state index contributed by atoms with van der Waals surface area (Å²) < 4.78 is 1.49. The van der Waals surface area contributed by atoms with Crippen molar-refractivity contribution in [2.75, 3.05) is 16.8 Å². The quantitative estimate of drug-likeness (QED) is 0.813. The number of aromatic nitrogens is 3. The number of nitrogen functional groups attached to an aromatic ring is 1. The summed E-state index contributed by atoms with van der Waals surface area (Å²) in [7, 11) is 0. The molecule has 0 fully saturated rings. The van der Waals surface area contributed by atoms with E-state index < -0.39 is 0 Å². The zero-order valence-corrected chi connectivity index (χ0v) is 13.1. The first-order chi connectivity index (χ1) is 10.5. The number of aryl methyl sites for hydroxylation is 2. The molecule has 1 aromatic carbocycles. The Morgan fingerprint density at radius 2 is 2.05 bits per heavy atom. The van der Waals surface area contributed by atoms with Crippen LogP contribution in [-0.2, 0) is 11.3 Å². The Labute approximate surface area is 132 Å². The van der Waals surface area contributed by atoms with E-state index in [0.29, 0.717) is 5.16 Å². The first-order valence-corrected chi connectivity index (χ1v) is 7.54. The molecule has 0 radical (unpaired) electrons. The van der Waals surface area contributed by atoms with Crippen molar-refractivity contribution in [1.82, 2.24) is 14.8 Å². The van der Waals surface area contributed by atoms with Gasteiger partial charge in [0.25, 0.3) is 0 Å². The van der Waals surface area contributed by atoms with Crippen molar-refractivity contribution < 1.29 is 4.79 Å². The van der Waals surface area contributed by atoms with Gasteiger partial charge in [-0.2, -0.15) is 5.26 Å². The third-order valence-electron chi connectivity index (χ3n) is 2.82. The number of anilines is 2. The molecule has 8 heteroatoms. The molecule has 0 unspecified atom stereocenters. The maximum absolute atomic E-state index is 12.2. The second kappa shape index (κ2) is 6.95. The van der Waals surface area contributed by atoms with Gasteiger partial charge in [0, 0.05) is 5.69 Å². The number of amides is 1. The number of hydrogen-bond donors (Lipinski definition) is 2. The van der Waals surface area contributed by atoms with Gasteiger partial charge < -0.3 is 11.1 Å². The lowest BCUT2D eigenvalue weighted by atomic mass is 10.1. The summed E-state index contributed by atoms with van der Waals surface area (Å²) in [5, 5.41) is 19.5. The largest absolute Gasteiger partial charge is 0.368 e. The van der Waals surface area contributed by atoms with E-state index in [0.717, 1.165) is 16.8 Å². The molecule has 1 amide bonds. The number of rotatable bonds is 5. The van der Waals surface area contributed by atoms with Crippen molar-refractivity contribution in [2.24, 2.45) is 0 Å². The molecule has 2 aromatic rings. The Morgan fingerprint density at radius 1 is 1.36 bits per heavy atom. The van der Waals surface area contributed by atoms with Crippen LogP contribution in [0.1, 0.15) is 11.1 Å². The van der Waals surface area contributed by atoms with Crippen LogP contribution in [0.15, 0.2) is 23.4 Å². The number of nitriles is 1. The molecular weight excluding hydrogens is 300 g/mol. The van der Waals surface area contributed by atoms with Gasteiger partial charge in [0.1, 0.15) is 6.54 Å². The lowest BCUT2D eigenvalue weighted by molar-refractivity contribution is -0.116. The third-order valence-corrected chi connectivity index (χ3v) is 3.65. The highest BCUT2D eigenvalue weighted by molar-refractivity contribution is 7.99. The van der Waals surface area contributed by atoms with Gasteiger partial charge >= 0.3 is 0 Å². The molecule has 114 valence electrons. The normalized spacial score (nSPS) is 10.2. The molecule has 0 aliphatic carbocycles. The molecule has 2 rings (SSSR count). The summed E-state index contributed by atoms with van der Waals surface area (Å²) in [5.41, 5.74) is 8.60. The number of hydrogen-bond acceptors (Lipinski definition) is 6. The Kier molecular flexibility index (Phi) is 5.01. The second-order valence-corrected chi connectivity index (χ2v) is 5.74. The van der Waals surface area contributed by atoms with Crippen LogP contribution >= 0.6 is 11.8 Å². The average Bonchev–Trinajstić information content (AvgIpc) is 2.76. The first-order valence-electron chi connectivity index (χ1n) is 6.56. The predicted octanol–water partition coefficient (Wildman–Crippen LogP) is 1.73. The van der Waals surface area contributed by atoms with Crippen molar-refractivity contribution in [1.29, 1.82) is 5.26 Å². The number of nitrogens with two attached hydrogens (primary N) is 1. The van der Waals surface area contributed by atoms with E-state index in [-0.39, 0.29) is 24.2 Å². The van der Waals surface area contributed by atoms with Crippen LogP contribution in [0, 0.1) is 25.2 Å². The van der Waals surface area contributed by atoms with E-state index in [9.17, 15) is 4.79 Å². The summed E-state index contributed by atoms with van der Waals surface area (Å²) in [6.45, 7) is 3.94. The van der Waals surface area contributed by atoms with Crippen LogP contribution in [0.3, 0.4) is 0 Å². The van der Waals surface area contributed by atoms with Crippen molar-refractivity contribution >= 4 is 29.3 Å². The molecular formula is C14H16N6OS. The van der Waals surface area contributed by atoms with Gasteiger partial charge in [0.15, 0.2) is 5.16 Å². The Morgan fingerprint density at radius 3 is 2.68 bits per heavy atom. The van der Waals surface area contributed by atoms with Crippen molar-refractivity contribution in [3.63, 3.8) is 0 Å². The fourth-order valence-corrected chi connectivity index (χ4v) is 2.65. The molecule has 22 heavy (non-hydrogen) atoms. The third kappa shape index (κ3) is 3.99. The predicted molar refractivity (Wildman–Crippen MR) is 85.3 cm³/mol. The van der Waals surface area contributed by atoms with Gasteiger partial charge in [-0.05, 0) is 37.1 Å². The summed E-state index contributed by atoms with van der Waals surface area (Å²) >= 11 is 1.19. The van der Waals surface area contributed by atoms with E-state index in [1.807, 2.05) is 38.1 Å². The van der Waals surface area contributed by atoms with Gasteiger partial charge in [-0.3, -0.25) is 9.36 Å². The molecule has 0 saturated heterocycles. The molecule has 3 N–H and O–H groups in total. The molecule has 7 nitrogen and oxygen atoms in total. The number of carbonyl (C=O) groups excluding carboxylic acids is 1. The molecule has 0 aliphatic heterocycles. The van der Waals surface area contributed by atoms with Crippen molar-refractivity contribution in [3.8, 4) is 6.07 Å². The minimum Gasteiger partial charge on any atom is -0.368 e. The second-order valence-electron chi connectivity index (χ2n) is 4.80. The lowest BCUT2D eigenvalue weighted by Gasteiger charge is -2.09. The van der Waals surface area contributed by atoms with Gasteiger partial charge in [-0.25, -0.2) is 0 Å². The van der Waals surface area contributed by atoms with Gasteiger partial charge in [0.05, 0.1) is 11.8 Å². The van der Waals surface area contributed by atoms with Gasteiger partial charge in [-0.15, -0.1) is 10.2 Å². The Hall–Kier alpha value is -2.53. The number of nitrogens with zero attached hydrogens (tertiary/aromatic N) is 4. The summed E-state index contributed by atoms with van der Waals surface area (Å²) in [6.07, 6.45) is 0. The fraction of sp³-hybridized carbons (Fsp3) is 0.286. The zero-order chi connectivity index (χ0) is 16.1. The number of nitrogens with one attached hydrogen (secondary N) is 1. The minimum atomic E-state index is -0.227. The van der Waals surface area contributed by atoms with Crippen LogP contribution in [0.5, 0.6) is 0 Å². The molecule has 0 aliphatic rings. The molecule has 0 saturated carbocycles. The number of carbonyl (C=O) groups is 1. The monoisotopic (exact) mass is 316 g/mol. The smallest absolute Gasteiger partial charge is 0.244 e. The van der Waals surface area contributed by atoms with Crippen LogP contribution in [0.2, 0.25) is 0 Å². The van der Waals surface area contributed by atoms with E-state index >= 15 is 0 Å². The lowest BCUT2D eigenvalue weighted by Crippen LogP contribution is -2.20. The molecule has 0 atom stereocenters. The summed E-state index contributed by atoms with van der Waals surface area (Å²) in [4.78, 5) is 12.2. The van der Waals surface area contributed by atoms with Crippen LogP contribution in [0.25, 0.3) is 0 Å². The van der Waals surface area contributed by atoms with Gasteiger partial charge in [0.2, 0.25) is 11.9 Å². The number of thioether (sulfide) groups is 1. The molecule has 1 aromatic heterocycles. The Balaban J connectivity index is 2.09. The van der Waals surface area contributed by atoms with E-state index in [1.165, 1.54) is 16.3 Å². The van der Waals surface area contributed by atoms with Crippen LogP contribution in [-0.4, -0.2) is 26.4 Å². The standard InChI is InChI=1S/C14H16N6OS/c1-9-5-10(2)7-11(6-9)17-12(21)8-20-13(16)18-19-14(20)22-4-3-15/h5-7H,4,8H2,1-2H3,(H2,16,18)(H,17,21). The minimum absolute atomic E-state index is 0.000412. The maximum Gasteiger partial charge on any atom is 0.244 e. The summed E-state index contributed by atoms with van der Waals surface area (Å²) in [5.74, 6) is 0.142. The van der Waals surface area contributed by atoms with Crippen molar-refractivity contribution in [2.45, 2.75) is 25.5 Å². The summed E-state index contributed by atoms with van der Waals surface area (Å²) in [6, 6.07) is 7.82. The fourth-order valence-electron chi connectivity index (χ4n) is 2.04. The van der Waals surface area contributed by atoms with E-state index in [4.69, 9.17) is 11.0 Å². The van der Waals surface area contributed by atoms with E-state index in [1.54, 1.807) is 0 Å². The van der Waals surface area contributed by atoms with Crippen LogP contribution < -0.4 is 11.1 Å². The molecule has 1 heterocycles. The highest BCUT2D eigenvalue weighted by atomic mass is 32.2. The van der Waals surface area contributed by atoms with Crippen LogP contribution in [0.4, 0.5) is 11.6 Å². The highest BCUT2D eigenvalue weighted by Gasteiger charge is 2.13. The Bertz CT molecular complexity index is 713. The SMILES string of the molecule is Cc1cc(C)cc(NC(=O)Cn2c(N)nnc2SCC#N)c1. The van der Waals surface area contributed by atoms with Crippen molar-refractivity contribution in [3.05, 3.63) is 29.3 Å². The number of benzene rings is 1. The van der Waals surface area contributed by atoms with E-state index in [2.05, 4.69) is 15.5 Å². The highest BCUT2D eigenvalue weighted by Crippen LogP contribution is 2.18. The van der Waals surface area contributed by atoms with Gasteiger partial charge in [-0.1, -0.05) is 17.8 Å².